The van der Waals surface area contributed by atoms with Crippen molar-refractivity contribution in [2.45, 2.75) is 39.2 Å². The molecule has 5 nitrogen and oxygen atoms in total. The van der Waals surface area contributed by atoms with Gasteiger partial charge in [-0.15, -0.1) is 0 Å². The molecule has 3 heterocycles. The van der Waals surface area contributed by atoms with Gasteiger partial charge in [0.25, 0.3) is 0 Å². The predicted molar refractivity (Wildman–Crippen MR) is 89.0 cm³/mol. The Balaban J connectivity index is 1.71. The number of nitrogens with one attached hydrogen (secondary N) is 1. The zero-order chi connectivity index (χ0) is 15.2. The summed E-state index contributed by atoms with van der Waals surface area (Å²) >= 11 is 0. The lowest BCUT2D eigenvalue weighted by Gasteiger charge is -2.22. The molecular weight excluding hydrogens is 274 g/mol. The second-order valence-electron chi connectivity index (χ2n) is 5.80. The minimum absolute atomic E-state index is 0.705. The summed E-state index contributed by atoms with van der Waals surface area (Å²) in [5.74, 6) is 1.75. The van der Waals surface area contributed by atoms with E-state index in [0.29, 0.717) is 12.5 Å². The van der Waals surface area contributed by atoms with Gasteiger partial charge < -0.3 is 10.2 Å². The van der Waals surface area contributed by atoms with E-state index >= 15 is 0 Å². The molecule has 3 rings (SSSR count). The van der Waals surface area contributed by atoms with E-state index in [0.717, 1.165) is 24.6 Å². The zero-order valence-corrected chi connectivity index (χ0v) is 13.1. The van der Waals surface area contributed by atoms with E-state index in [-0.39, 0.29) is 0 Å². The number of anilines is 2. The maximum absolute atomic E-state index is 4.70. The van der Waals surface area contributed by atoms with Crippen LogP contribution in [-0.4, -0.2) is 28.0 Å². The second-order valence-corrected chi connectivity index (χ2v) is 5.80. The molecule has 0 aromatic carbocycles. The highest BCUT2D eigenvalue weighted by molar-refractivity contribution is 5.45. The largest absolute Gasteiger partial charge is 0.356 e. The lowest BCUT2D eigenvalue weighted by atomic mass is 10.2. The van der Waals surface area contributed by atoms with Crippen LogP contribution in [0.1, 0.15) is 36.9 Å². The molecule has 116 valence electrons. The van der Waals surface area contributed by atoms with Crippen LogP contribution >= 0.6 is 0 Å². The third kappa shape index (κ3) is 3.93. The summed E-state index contributed by atoms with van der Waals surface area (Å²) in [6.45, 7) is 4.94. The SMILES string of the molecule is Cc1cc(N2CCCCCC2)nc(NCc2ccncc2)n1. The van der Waals surface area contributed by atoms with Crippen molar-refractivity contribution in [3.63, 3.8) is 0 Å². The average molecular weight is 297 g/mol. The molecule has 22 heavy (non-hydrogen) atoms. The highest BCUT2D eigenvalue weighted by atomic mass is 15.2. The van der Waals surface area contributed by atoms with Crippen molar-refractivity contribution >= 4 is 11.8 Å². The first-order chi connectivity index (χ1) is 10.8. The van der Waals surface area contributed by atoms with Gasteiger partial charge in [0.15, 0.2) is 0 Å². The quantitative estimate of drug-likeness (QED) is 0.939. The minimum atomic E-state index is 0.705. The fourth-order valence-corrected chi connectivity index (χ4v) is 2.77. The molecule has 0 bridgehead atoms. The highest BCUT2D eigenvalue weighted by Crippen LogP contribution is 2.19. The second kappa shape index (κ2) is 7.20. The van der Waals surface area contributed by atoms with Crippen molar-refractivity contribution in [3.05, 3.63) is 41.9 Å². The topological polar surface area (TPSA) is 53.9 Å². The van der Waals surface area contributed by atoms with Gasteiger partial charge >= 0.3 is 0 Å². The lowest BCUT2D eigenvalue weighted by Crippen LogP contribution is -2.25. The Morgan fingerprint density at radius 2 is 1.77 bits per heavy atom. The molecule has 0 radical (unpaired) electrons. The molecule has 1 aliphatic heterocycles. The van der Waals surface area contributed by atoms with E-state index in [4.69, 9.17) is 4.98 Å². The number of hydrogen-bond donors (Lipinski definition) is 1. The fraction of sp³-hybridized carbons (Fsp3) is 0.471. The summed E-state index contributed by atoms with van der Waals surface area (Å²) in [4.78, 5) is 15.6. The van der Waals surface area contributed by atoms with Crippen molar-refractivity contribution in [1.29, 1.82) is 0 Å². The Bertz CT molecular complexity index is 591. The summed E-state index contributed by atoms with van der Waals surface area (Å²) < 4.78 is 0. The van der Waals surface area contributed by atoms with Crippen LogP contribution in [0.25, 0.3) is 0 Å². The van der Waals surface area contributed by atoms with Crippen LogP contribution in [0.4, 0.5) is 11.8 Å². The van der Waals surface area contributed by atoms with E-state index in [2.05, 4.69) is 26.3 Å². The molecule has 0 atom stereocenters. The van der Waals surface area contributed by atoms with Crippen LogP contribution in [0.2, 0.25) is 0 Å². The van der Waals surface area contributed by atoms with Gasteiger partial charge in [0, 0.05) is 43.8 Å². The highest BCUT2D eigenvalue weighted by Gasteiger charge is 2.12. The maximum atomic E-state index is 4.70. The molecule has 1 N–H and O–H groups in total. The van der Waals surface area contributed by atoms with Crippen molar-refractivity contribution in [2.24, 2.45) is 0 Å². The monoisotopic (exact) mass is 297 g/mol. The first-order valence-corrected chi connectivity index (χ1v) is 8.05. The lowest BCUT2D eigenvalue weighted by molar-refractivity contribution is 0.726. The van der Waals surface area contributed by atoms with Gasteiger partial charge in [-0.25, -0.2) is 4.98 Å². The number of rotatable bonds is 4. The Hall–Kier alpha value is -2.17. The molecule has 0 saturated carbocycles. The zero-order valence-electron chi connectivity index (χ0n) is 13.1. The maximum Gasteiger partial charge on any atom is 0.225 e. The molecule has 2 aromatic rings. The van der Waals surface area contributed by atoms with Crippen LogP contribution in [0.15, 0.2) is 30.6 Å². The molecule has 1 aliphatic rings. The van der Waals surface area contributed by atoms with Crippen molar-refractivity contribution in [2.75, 3.05) is 23.3 Å². The molecule has 2 aromatic heterocycles. The van der Waals surface area contributed by atoms with E-state index in [1.165, 1.54) is 31.2 Å². The first kappa shape index (κ1) is 14.8. The molecule has 0 unspecified atom stereocenters. The van der Waals surface area contributed by atoms with Crippen LogP contribution in [0, 0.1) is 6.92 Å². The van der Waals surface area contributed by atoms with Gasteiger partial charge in [-0.1, -0.05) is 12.8 Å². The molecule has 0 aliphatic carbocycles. The summed E-state index contributed by atoms with van der Waals surface area (Å²) in [5, 5.41) is 3.32. The summed E-state index contributed by atoms with van der Waals surface area (Å²) in [7, 11) is 0. The van der Waals surface area contributed by atoms with Gasteiger partial charge in [-0.3, -0.25) is 4.98 Å². The predicted octanol–water partition coefficient (Wildman–Crippen LogP) is 3.17. The number of aromatic nitrogens is 3. The molecule has 0 spiro atoms. The van der Waals surface area contributed by atoms with Gasteiger partial charge in [0.1, 0.15) is 5.82 Å². The van der Waals surface area contributed by atoms with Crippen LogP contribution < -0.4 is 10.2 Å². The fourth-order valence-electron chi connectivity index (χ4n) is 2.77. The van der Waals surface area contributed by atoms with Crippen molar-refractivity contribution < 1.29 is 0 Å². The first-order valence-electron chi connectivity index (χ1n) is 8.05. The Kier molecular flexibility index (Phi) is 4.83. The van der Waals surface area contributed by atoms with Gasteiger partial charge in [-0.05, 0) is 37.5 Å². The summed E-state index contributed by atoms with van der Waals surface area (Å²) in [5.41, 5.74) is 2.18. The van der Waals surface area contributed by atoms with Crippen LogP contribution in [0.5, 0.6) is 0 Å². The normalized spacial score (nSPS) is 15.4. The molecule has 1 fully saturated rings. The minimum Gasteiger partial charge on any atom is -0.356 e. The molecule has 5 heteroatoms. The van der Waals surface area contributed by atoms with E-state index in [1.54, 1.807) is 12.4 Å². The molecular formula is C17H23N5. The Morgan fingerprint density at radius 3 is 2.50 bits per heavy atom. The van der Waals surface area contributed by atoms with Crippen molar-refractivity contribution in [3.8, 4) is 0 Å². The van der Waals surface area contributed by atoms with E-state index in [1.807, 2.05) is 19.1 Å². The molecule has 1 saturated heterocycles. The van der Waals surface area contributed by atoms with Gasteiger partial charge in [0.05, 0.1) is 0 Å². The third-order valence-corrected chi connectivity index (χ3v) is 3.97. The molecule has 0 amide bonds. The summed E-state index contributed by atoms with van der Waals surface area (Å²) in [6.07, 6.45) is 8.76. The Morgan fingerprint density at radius 1 is 1.05 bits per heavy atom. The van der Waals surface area contributed by atoms with Crippen molar-refractivity contribution in [1.82, 2.24) is 15.0 Å². The number of hydrogen-bond acceptors (Lipinski definition) is 5. The third-order valence-electron chi connectivity index (χ3n) is 3.97. The summed E-state index contributed by atoms with van der Waals surface area (Å²) in [6, 6.07) is 6.08. The Labute approximate surface area is 131 Å². The van der Waals surface area contributed by atoms with Crippen LogP contribution in [-0.2, 0) is 6.54 Å². The number of aryl methyl sites for hydroxylation is 1. The smallest absolute Gasteiger partial charge is 0.225 e. The van der Waals surface area contributed by atoms with Gasteiger partial charge in [0.2, 0.25) is 5.95 Å². The van der Waals surface area contributed by atoms with Gasteiger partial charge in [-0.2, -0.15) is 4.98 Å². The number of nitrogens with zero attached hydrogens (tertiary/aromatic N) is 4. The van der Waals surface area contributed by atoms with E-state index < -0.39 is 0 Å². The standard InChI is InChI=1S/C17H23N5/c1-14-12-16(22-10-4-2-3-5-11-22)21-17(20-14)19-13-15-6-8-18-9-7-15/h6-9,12H,2-5,10-11,13H2,1H3,(H,19,20,21). The van der Waals surface area contributed by atoms with E-state index in [9.17, 15) is 0 Å². The van der Waals surface area contributed by atoms with Crippen LogP contribution in [0.3, 0.4) is 0 Å². The average Bonchev–Trinajstić information content (AvgIpc) is 2.83. The number of pyridine rings is 1.